The van der Waals surface area contributed by atoms with Gasteiger partial charge in [0.15, 0.2) is 5.79 Å². The van der Waals surface area contributed by atoms with Gasteiger partial charge in [0.25, 0.3) is 5.24 Å². The first-order valence-electron chi connectivity index (χ1n) is 14.0. The third-order valence-electron chi connectivity index (χ3n) is 7.92. The highest BCUT2D eigenvalue weighted by atomic mass is 32.2. The molecule has 212 valence electrons. The zero-order chi connectivity index (χ0) is 27.7. The van der Waals surface area contributed by atoms with Crippen molar-refractivity contribution in [2.24, 2.45) is 5.92 Å². The Morgan fingerprint density at radius 3 is 2.47 bits per heavy atom. The molecule has 0 unspecified atom stereocenters. The van der Waals surface area contributed by atoms with Crippen molar-refractivity contribution in [3.63, 3.8) is 0 Å². The van der Waals surface area contributed by atoms with E-state index in [-0.39, 0.29) is 23.3 Å². The van der Waals surface area contributed by atoms with Crippen molar-refractivity contribution in [1.29, 1.82) is 0 Å². The molecule has 2 saturated heterocycles. The number of ether oxygens (including phenoxy) is 3. The van der Waals surface area contributed by atoms with E-state index in [0.29, 0.717) is 30.7 Å². The molecular weight excluding hydrogens is 502 g/mol. The molecule has 1 aromatic rings. The fraction of sp³-hybridized carbons (Fsp3) is 0.667. The Kier molecular flexibility index (Phi) is 11.5. The first kappa shape index (κ1) is 30.5. The van der Waals surface area contributed by atoms with E-state index in [1.807, 2.05) is 36.1 Å². The lowest BCUT2D eigenvalue weighted by molar-refractivity contribution is -0.297. The van der Waals surface area contributed by atoms with Crippen molar-refractivity contribution in [2.45, 2.75) is 103 Å². The predicted octanol–water partition coefficient (Wildman–Crippen LogP) is 7.04. The van der Waals surface area contributed by atoms with Crippen LogP contribution in [-0.2, 0) is 20.8 Å². The monoisotopic (exact) mass is 547 g/mol. The van der Waals surface area contributed by atoms with Gasteiger partial charge < -0.3 is 24.2 Å². The summed E-state index contributed by atoms with van der Waals surface area (Å²) in [6, 6.07) is 7.39. The predicted molar refractivity (Wildman–Crippen MR) is 152 cm³/mol. The van der Waals surface area contributed by atoms with Gasteiger partial charge >= 0.3 is 5.97 Å². The van der Waals surface area contributed by atoms with E-state index in [1.54, 1.807) is 14.2 Å². The second kappa shape index (κ2) is 14.4. The molecule has 0 saturated carbocycles. The van der Waals surface area contributed by atoms with Crippen LogP contribution in [0, 0.1) is 5.92 Å². The summed E-state index contributed by atoms with van der Waals surface area (Å²) < 4.78 is 18.3. The van der Waals surface area contributed by atoms with Gasteiger partial charge in [-0.05, 0) is 56.2 Å². The molecule has 0 aromatic heterocycles. The van der Waals surface area contributed by atoms with Crippen LogP contribution in [0.3, 0.4) is 0 Å². The smallest absolute Gasteiger partial charge is 0.331 e. The summed E-state index contributed by atoms with van der Waals surface area (Å²) in [5.74, 6) is -0.821. The van der Waals surface area contributed by atoms with Crippen LogP contribution in [0.4, 0.5) is 4.79 Å². The zero-order valence-electron chi connectivity index (χ0n) is 23.7. The molecule has 7 nitrogen and oxygen atoms in total. The molecule has 0 bridgehead atoms. The number of allylic oxidation sites excluding steroid dienone is 1. The fourth-order valence-corrected chi connectivity index (χ4v) is 6.91. The molecule has 1 aromatic carbocycles. The van der Waals surface area contributed by atoms with Gasteiger partial charge in [0.2, 0.25) is 0 Å². The first-order valence-corrected chi connectivity index (χ1v) is 15.0. The van der Waals surface area contributed by atoms with Gasteiger partial charge in [-0.1, -0.05) is 69.0 Å². The molecule has 4 atom stereocenters. The minimum atomic E-state index is -1.07. The Balaban J connectivity index is 1.95. The topological polar surface area (TPSA) is 85.3 Å². The average molecular weight is 548 g/mol. The number of nitrogens with zero attached hydrogens (tertiary/aromatic N) is 1. The lowest BCUT2D eigenvalue weighted by Crippen LogP contribution is -2.59. The van der Waals surface area contributed by atoms with Crippen LogP contribution in [0.1, 0.15) is 84.1 Å². The summed E-state index contributed by atoms with van der Waals surface area (Å²) in [5.41, 5.74) is 2.43. The normalized spacial score (nSPS) is 26.4. The van der Waals surface area contributed by atoms with E-state index < -0.39 is 11.8 Å². The average Bonchev–Trinajstić information content (AvgIpc) is 3.28. The van der Waals surface area contributed by atoms with Crippen molar-refractivity contribution in [2.75, 3.05) is 20.0 Å². The van der Waals surface area contributed by atoms with Crippen molar-refractivity contribution in [1.82, 2.24) is 4.90 Å². The van der Waals surface area contributed by atoms with E-state index >= 15 is 0 Å². The van der Waals surface area contributed by atoms with Gasteiger partial charge in [0.1, 0.15) is 5.75 Å². The Labute approximate surface area is 232 Å². The summed E-state index contributed by atoms with van der Waals surface area (Å²) in [6.45, 7) is 6.68. The number of carbonyl (C=O) groups excluding carboxylic acids is 1. The van der Waals surface area contributed by atoms with Crippen LogP contribution in [-0.4, -0.2) is 59.1 Å². The molecule has 2 fully saturated rings. The molecule has 2 heterocycles. The number of hydrogen-bond donors (Lipinski definition) is 1. The maximum atomic E-state index is 13.1. The highest BCUT2D eigenvalue weighted by molar-refractivity contribution is 8.13. The molecule has 2 aliphatic heterocycles. The van der Waals surface area contributed by atoms with Crippen molar-refractivity contribution in [3.05, 3.63) is 41.0 Å². The standard InChI is InChI=1S/C30H45NO6S/c1-6-8-10-12-25-17-23(27(28(32)33)21(3)11-9-7-2)18-30(36-5,37-25)26-20-38-29(34)31(26)19-22-13-15-24(35-4)16-14-22/h13-16,23,25-26H,6-12,17-20H2,1-5H3,(H,32,33)/b27-21-/t23-,25-,26+,30-/m1/s1. The quantitative estimate of drug-likeness (QED) is 0.197. The van der Waals surface area contributed by atoms with Crippen LogP contribution in [0.5, 0.6) is 5.75 Å². The molecule has 2 aliphatic rings. The van der Waals surface area contributed by atoms with Crippen molar-refractivity contribution < 1.29 is 28.9 Å². The number of aliphatic carboxylic acids is 1. The second-order valence-electron chi connectivity index (χ2n) is 10.6. The molecule has 3 rings (SSSR count). The summed E-state index contributed by atoms with van der Waals surface area (Å²) in [4.78, 5) is 27.5. The third kappa shape index (κ3) is 7.33. The molecular formula is C30H45NO6S. The van der Waals surface area contributed by atoms with Gasteiger partial charge in [-0.2, -0.15) is 0 Å². The summed E-state index contributed by atoms with van der Waals surface area (Å²) in [5, 5.41) is 10.3. The van der Waals surface area contributed by atoms with E-state index in [1.165, 1.54) is 11.8 Å². The van der Waals surface area contributed by atoms with E-state index in [2.05, 4.69) is 13.8 Å². The van der Waals surface area contributed by atoms with Gasteiger partial charge in [0, 0.05) is 31.4 Å². The molecule has 8 heteroatoms. The van der Waals surface area contributed by atoms with E-state index in [9.17, 15) is 14.7 Å². The number of rotatable bonds is 14. The van der Waals surface area contributed by atoms with Gasteiger partial charge in [-0.15, -0.1) is 0 Å². The highest BCUT2D eigenvalue weighted by Crippen LogP contribution is 2.46. The largest absolute Gasteiger partial charge is 0.497 e. The Bertz CT molecular complexity index is 964. The first-order chi connectivity index (χ1) is 18.3. The van der Waals surface area contributed by atoms with Crippen LogP contribution < -0.4 is 4.74 Å². The Hall–Kier alpha value is -2.03. The molecule has 38 heavy (non-hydrogen) atoms. The Morgan fingerprint density at radius 1 is 1.16 bits per heavy atom. The number of hydrogen-bond acceptors (Lipinski definition) is 6. The summed E-state index contributed by atoms with van der Waals surface area (Å²) in [6.07, 6.45) is 7.77. The van der Waals surface area contributed by atoms with E-state index in [4.69, 9.17) is 14.2 Å². The van der Waals surface area contributed by atoms with Crippen molar-refractivity contribution in [3.8, 4) is 5.75 Å². The number of amides is 1. The number of unbranched alkanes of at least 4 members (excludes halogenated alkanes) is 3. The number of methoxy groups -OCH3 is 2. The molecule has 0 spiro atoms. The zero-order valence-corrected chi connectivity index (χ0v) is 24.5. The van der Waals surface area contributed by atoms with Crippen LogP contribution in [0.25, 0.3) is 0 Å². The second-order valence-corrected chi connectivity index (χ2v) is 11.5. The molecule has 0 radical (unpaired) electrons. The van der Waals surface area contributed by atoms with Crippen LogP contribution in [0.2, 0.25) is 0 Å². The van der Waals surface area contributed by atoms with Gasteiger partial charge in [-0.25, -0.2) is 4.79 Å². The van der Waals surface area contributed by atoms with E-state index in [0.717, 1.165) is 61.8 Å². The van der Waals surface area contributed by atoms with Gasteiger partial charge in [-0.3, -0.25) is 4.79 Å². The maximum absolute atomic E-state index is 13.1. The number of thioether (sulfide) groups is 1. The third-order valence-corrected chi connectivity index (χ3v) is 8.88. The lowest BCUT2D eigenvalue weighted by Gasteiger charge is -2.49. The summed E-state index contributed by atoms with van der Waals surface area (Å²) in [7, 11) is 3.27. The Morgan fingerprint density at radius 2 is 1.87 bits per heavy atom. The van der Waals surface area contributed by atoms with Crippen molar-refractivity contribution >= 4 is 23.0 Å². The molecule has 1 N–H and O–H groups in total. The fourth-order valence-electron chi connectivity index (χ4n) is 5.82. The summed E-state index contributed by atoms with van der Waals surface area (Å²) >= 11 is 1.28. The van der Waals surface area contributed by atoms with Crippen LogP contribution >= 0.6 is 11.8 Å². The minimum absolute atomic E-state index is 0.0105. The lowest BCUT2D eigenvalue weighted by atomic mass is 9.78. The number of carboxylic acids is 1. The SMILES string of the molecule is CCCCC[C@@H]1C[C@@H](/C(C(=O)O)=C(\C)CCCC)C[C@](OC)([C@@H]2CSC(=O)N2Cc2ccc(OC)cc2)O1. The molecule has 1 amide bonds. The number of benzene rings is 1. The minimum Gasteiger partial charge on any atom is -0.497 e. The maximum Gasteiger partial charge on any atom is 0.331 e. The van der Waals surface area contributed by atoms with Gasteiger partial charge in [0.05, 0.1) is 19.3 Å². The molecule has 0 aliphatic carbocycles. The highest BCUT2D eigenvalue weighted by Gasteiger charge is 2.54. The number of carbonyl (C=O) groups is 2. The van der Waals surface area contributed by atoms with Crippen LogP contribution in [0.15, 0.2) is 35.4 Å². The number of carboxylic acid groups (broad SMARTS) is 1.